The molecule has 4 rings (SSSR count). The van der Waals surface area contributed by atoms with Gasteiger partial charge in [0.1, 0.15) is 13.2 Å². The summed E-state index contributed by atoms with van der Waals surface area (Å²) in [7, 11) is -3.72. The van der Waals surface area contributed by atoms with Crippen LogP contribution in [-0.4, -0.2) is 63.6 Å². The minimum absolute atomic E-state index is 0.140. The summed E-state index contributed by atoms with van der Waals surface area (Å²) in [6.45, 7) is 3.43. The van der Waals surface area contributed by atoms with Gasteiger partial charge in [-0.05, 0) is 50.7 Å². The number of sulfonamides is 1. The Morgan fingerprint density at radius 3 is 2.44 bits per heavy atom. The van der Waals surface area contributed by atoms with Crippen molar-refractivity contribution in [3.63, 3.8) is 0 Å². The molecule has 2 aliphatic heterocycles. The molecule has 0 radical (unpaired) electrons. The Labute approximate surface area is 201 Å². The highest BCUT2D eigenvalue weighted by atomic mass is 32.2. The largest absolute Gasteiger partial charge is 0.486 e. The van der Waals surface area contributed by atoms with Crippen molar-refractivity contribution in [2.75, 3.05) is 32.8 Å². The van der Waals surface area contributed by atoms with Gasteiger partial charge in [-0.2, -0.15) is 4.31 Å². The van der Waals surface area contributed by atoms with Crippen molar-refractivity contribution in [1.29, 1.82) is 0 Å². The Balaban J connectivity index is 1.25. The molecule has 1 N–H and O–H groups in total. The summed E-state index contributed by atoms with van der Waals surface area (Å²) in [5, 5.41) is 2.90. The lowest BCUT2D eigenvalue weighted by Gasteiger charge is -2.31. The molecule has 1 unspecified atom stereocenters. The van der Waals surface area contributed by atoms with E-state index in [2.05, 4.69) is 5.32 Å². The number of nitrogens with zero attached hydrogens (tertiary/aromatic N) is 1. The lowest BCUT2D eigenvalue weighted by atomic mass is 9.89. The van der Waals surface area contributed by atoms with E-state index in [9.17, 15) is 18.0 Å². The highest BCUT2D eigenvalue weighted by Gasteiger charge is 2.34. The van der Waals surface area contributed by atoms with Gasteiger partial charge in [0.05, 0.1) is 10.8 Å². The predicted octanol–water partition coefficient (Wildman–Crippen LogP) is 2.49. The van der Waals surface area contributed by atoms with Crippen LogP contribution in [0.15, 0.2) is 23.1 Å². The number of esters is 1. The molecule has 3 aliphatic rings. The standard InChI is InChI=1S/C24H34N2O7S/c1-17(23(27)25-16-18-5-3-2-4-6-18)33-24(28)19-9-11-26(12-10-19)34(29,30)20-7-8-21-22(15-20)32-14-13-31-21/h7-8,15,17-19H,2-6,9-14,16H2,1H3,(H,25,27). The zero-order chi connectivity index (χ0) is 24.1. The number of rotatable bonds is 7. The van der Waals surface area contributed by atoms with E-state index in [1.54, 1.807) is 13.0 Å². The average molecular weight is 495 g/mol. The molecule has 0 bridgehead atoms. The summed E-state index contributed by atoms with van der Waals surface area (Å²) in [4.78, 5) is 25.1. The van der Waals surface area contributed by atoms with Crippen LogP contribution in [0.25, 0.3) is 0 Å². The number of benzene rings is 1. The number of carbonyl (C=O) groups is 2. The summed E-state index contributed by atoms with van der Waals surface area (Å²) in [5.41, 5.74) is 0. The van der Waals surface area contributed by atoms with Crippen molar-refractivity contribution in [3.05, 3.63) is 18.2 Å². The quantitative estimate of drug-likeness (QED) is 0.580. The fourth-order valence-electron chi connectivity index (χ4n) is 4.77. The molecule has 1 amide bonds. The van der Waals surface area contributed by atoms with Crippen molar-refractivity contribution in [3.8, 4) is 11.5 Å². The van der Waals surface area contributed by atoms with Gasteiger partial charge in [-0.15, -0.1) is 0 Å². The van der Waals surface area contributed by atoms with Crippen LogP contribution in [0.4, 0.5) is 0 Å². The van der Waals surface area contributed by atoms with E-state index < -0.39 is 28.0 Å². The van der Waals surface area contributed by atoms with Crippen LogP contribution in [0.2, 0.25) is 0 Å². The third kappa shape index (κ3) is 5.83. The fraction of sp³-hybridized carbons (Fsp3) is 0.667. The van der Waals surface area contributed by atoms with E-state index in [1.807, 2.05) is 0 Å². The Morgan fingerprint density at radius 2 is 1.74 bits per heavy atom. The van der Waals surface area contributed by atoms with E-state index >= 15 is 0 Å². The van der Waals surface area contributed by atoms with Crippen LogP contribution in [0.1, 0.15) is 51.9 Å². The maximum absolute atomic E-state index is 13.1. The van der Waals surface area contributed by atoms with Crippen molar-refractivity contribution in [2.24, 2.45) is 11.8 Å². The second-order valence-electron chi connectivity index (χ2n) is 9.31. The van der Waals surface area contributed by atoms with Crippen LogP contribution in [0.3, 0.4) is 0 Å². The molecule has 2 fully saturated rings. The summed E-state index contributed by atoms with van der Waals surface area (Å²) in [6.07, 6.45) is 5.75. The number of carbonyl (C=O) groups excluding carboxylic acids is 2. The molecule has 1 saturated heterocycles. The Morgan fingerprint density at radius 1 is 1.06 bits per heavy atom. The first-order chi connectivity index (χ1) is 16.3. The van der Waals surface area contributed by atoms with Gasteiger partial charge in [0.25, 0.3) is 5.91 Å². The SMILES string of the molecule is CC(OC(=O)C1CCN(S(=O)(=O)c2ccc3c(c2)OCCO3)CC1)C(=O)NCC1CCCCC1. The zero-order valence-electron chi connectivity index (χ0n) is 19.7. The predicted molar refractivity (Wildman–Crippen MR) is 124 cm³/mol. The molecule has 1 aliphatic carbocycles. The molecular formula is C24H34N2O7S. The van der Waals surface area contributed by atoms with E-state index in [4.69, 9.17) is 14.2 Å². The molecule has 0 spiro atoms. The molecule has 1 saturated carbocycles. The van der Waals surface area contributed by atoms with Gasteiger partial charge in [0, 0.05) is 25.7 Å². The Kier molecular flexibility index (Phi) is 7.98. The second-order valence-corrected chi connectivity index (χ2v) is 11.3. The van der Waals surface area contributed by atoms with Gasteiger partial charge in [-0.1, -0.05) is 19.3 Å². The summed E-state index contributed by atoms with van der Waals surface area (Å²) >= 11 is 0. The number of amides is 1. The van der Waals surface area contributed by atoms with E-state index in [1.165, 1.54) is 35.7 Å². The average Bonchev–Trinajstić information content (AvgIpc) is 2.87. The minimum atomic E-state index is -3.72. The van der Waals surface area contributed by atoms with Crippen LogP contribution in [-0.2, 0) is 24.3 Å². The van der Waals surface area contributed by atoms with Gasteiger partial charge in [0.2, 0.25) is 10.0 Å². The Bertz CT molecular complexity index is 983. The minimum Gasteiger partial charge on any atom is -0.486 e. The molecule has 34 heavy (non-hydrogen) atoms. The molecular weight excluding hydrogens is 460 g/mol. The summed E-state index contributed by atoms with van der Waals surface area (Å²) in [5.74, 6) is 0.292. The van der Waals surface area contributed by atoms with Gasteiger partial charge in [-0.25, -0.2) is 8.42 Å². The number of hydrogen-bond acceptors (Lipinski definition) is 7. The number of nitrogens with one attached hydrogen (secondary N) is 1. The lowest BCUT2D eigenvalue weighted by molar-refractivity contribution is -0.159. The lowest BCUT2D eigenvalue weighted by Crippen LogP contribution is -2.43. The van der Waals surface area contributed by atoms with Crippen molar-refractivity contribution in [1.82, 2.24) is 9.62 Å². The molecule has 0 aromatic heterocycles. The third-order valence-electron chi connectivity index (χ3n) is 6.89. The molecule has 1 aromatic rings. The normalized spacial score (nSPS) is 21.0. The zero-order valence-corrected chi connectivity index (χ0v) is 20.5. The number of hydrogen-bond donors (Lipinski definition) is 1. The summed E-state index contributed by atoms with van der Waals surface area (Å²) in [6, 6.07) is 4.60. The number of fused-ring (bicyclic) bond motifs is 1. The molecule has 1 aromatic carbocycles. The maximum atomic E-state index is 13.1. The van der Waals surface area contributed by atoms with Crippen LogP contribution in [0, 0.1) is 11.8 Å². The second kappa shape index (κ2) is 10.9. The maximum Gasteiger partial charge on any atom is 0.309 e. The number of ether oxygens (including phenoxy) is 3. The molecule has 188 valence electrons. The van der Waals surface area contributed by atoms with Crippen LogP contribution >= 0.6 is 0 Å². The molecule has 2 heterocycles. The fourth-order valence-corrected chi connectivity index (χ4v) is 6.25. The van der Waals surface area contributed by atoms with Gasteiger partial charge in [-0.3, -0.25) is 9.59 Å². The summed E-state index contributed by atoms with van der Waals surface area (Å²) < 4.78 is 43.9. The first-order valence-corrected chi connectivity index (χ1v) is 13.7. The van der Waals surface area contributed by atoms with Crippen molar-refractivity contribution in [2.45, 2.75) is 62.9 Å². The first-order valence-electron chi connectivity index (χ1n) is 12.2. The topological polar surface area (TPSA) is 111 Å². The van der Waals surface area contributed by atoms with Gasteiger partial charge in [0.15, 0.2) is 17.6 Å². The van der Waals surface area contributed by atoms with Gasteiger partial charge >= 0.3 is 5.97 Å². The third-order valence-corrected chi connectivity index (χ3v) is 8.79. The number of piperidine rings is 1. The highest BCUT2D eigenvalue weighted by Crippen LogP contribution is 2.34. The van der Waals surface area contributed by atoms with E-state index in [0.29, 0.717) is 50.0 Å². The van der Waals surface area contributed by atoms with Crippen LogP contribution in [0.5, 0.6) is 11.5 Å². The molecule has 1 atom stereocenters. The first kappa shape index (κ1) is 24.8. The molecule has 10 heteroatoms. The molecule has 9 nitrogen and oxygen atoms in total. The van der Waals surface area contributed by atoms with E-state index in [-0.39, 0.29) is 23.9 Å². The van der Waals surface area contributed by atoms with Crippen LogP contribution < -0.4 is 14.8 Å². The monoisotopic (exact) mass is 494 g/mol. The van der Waals surface area contributed by atoms with E-state index in [0.717, 1.165) is 12.8 Å². The van der Waals surface area contributed by atoms with Crippen molar-refractivity contribution >= 4 is 21.9 Å². The van der Waals surface area contributed by atoms with Gasteiger partial charge < -0.3 is 19.5 Å². The Hall–Kier alpha value is -2.33. The smallest absolute Gasteiger partial charge is 0.309 e. The van der Waals surface area contributed by atoms with Crippen molar-refractivity contribution < 1.29 is 32.2 Å². The highest BCUT2D eigenvalue weighted by molar-refractivity contribution is 7.89.